The molecule has 5 rings (SSSR count). The molecule has 32 heavy (non-hydrogen) atoms. The van der Waals surface area contributed by atoms with Crippen LogP contribution in [0.5, 0.6) is 0 Å². The number of benzene rings is 1. The van der Waals surface area contributed by atoms with Crippen molar-refractivity contribution in [1.82, 2.24) is 14.8 Å². The van der Waals surface area contributed by atoms with Crippen LogP contribution >= 0.6 is 34.4 Å². The number of rotatable bonds is 4. The zero-order chi connectivity index (χ0) is 22.5. The summed E-state index contributed by atoms with van der Waals surface area (Å²) in [5.41, 5.74) is 0.477. The summed E-state index contributed by atoms with van der Waals surface area (Å²) in [7, 11) is 0. The van der Waals surface area contributed by atoms with Crippen LogP contribution in [0, 0.1) is 17.6 Å². The molecule has 0 aliphatic carbocycles. The molecule has 0 aliphatic heterocycles. The Hall–Kier alpha value is -2.87. The lowest BCUT2D eigenvalue weighted by atomic mass is 10.1. The highest BCUT2D eigenvalue weighted by atomic mass is 32.2. The fourth-order valence-electron chi connectivity index (χ4n) is 3.49. The maximum Gasteiger partial charge on any atom is 0.435 e. The lowest BCUT2D eigenvalue weighted by Gasteiger charge is -2.05. The summed E-state index contributed by atoms with van der Waals surface area (Å²) in [4.78, 5) is 6.72. The Morgan fingerprint density at radius 2 is 1.81 bits per heavy atom. The Bertz CT molecular complexity index is 1440. The summed E-state index contributed by atoms with van der Waals surface area (Å²) in [6.07, 6.45) is -2.91. The summed E-state index contributed by atoms with van der Waals surface area (Å²) in [6, 6.07) is 13.2. The molecule has 0 amide bonds. The van der Waals surface area contributed by atoms with Gasteiger partial charge in [0.1, 0.15) is 11.3 Å². The molecule has 0 unspecified atom stereocenters. The number of thiocyanates is 1. The van der Waals surface area contributed by atoms with Crippen molar-refractivity contribution >= 4 is 54.6 Å². The number of thiophene rings is 2. The second-order valence-corrected chi connectivity index (χ2v) is 10.2. The third kappa shape index (κ3) is 3.88. The predicted octanol–water partition coefficient (Wildman–Crippen LogP) is 7.54. The van der Waals surface area contributed by atoms with E-state index in [1.54, 1.807) is 34.9 Å². The highest BCUT2D eigenvalue weighted by molar-refractivity contribution is 8.02. The molecule has 0 bridgehead atoms. The Kier molecular flexibility index (Phi) is 5.20. The third-order valence-electron chi connectivity index (χ3n) is 4.91. The molecule has 0 N–H and O–H groups in total. The van der Waals surface area contributed by atoms with Gasteiger partial charge in [0.25, 0.3) is 0 Å². The lowest BCUT2D eigenvalue weighted by molar-refractivity contribution is -0.141. The molecule has 5 aromatic rings. The van der Waals surface area contributed by atoms with Crippen LogP contribution in [0.4, 0.5) is 13.2 Å². The molecule has 1 aromatic carbocycles. The van der Waals surface area contributed by atoms with Crippen molar-refractivity contribution in [3.63, 3.8) is 0 Å². The number of hydrogen-bond acceptors (Lipinski definition) is 6. The van der Waals surface area contributed by atoms with E-state index in [-0.39, 0.29) is 11.6 Å². The van der Waals surface area contributed by atoms with Crippen molar-refractivity contribution in [1.29, 1.82) is 5.26 Å². The van der Waals surface area contributed by atoms with Crippen molar-refractivity contribution in [2.75, 3.05) is 0 Å². The second-order valence-electron chi connectivity index (χ2n) is 7.10. The Labute approximate surface area is 192 Å². The molecule has 0 saturated heterocycles. The third-order valence-corrected chi connectivity index (χ3v) is 7.57. The molecule has 4 aromatic heterocycles. The van der Waals surface area contributed by atoms with Gasteiger partial charge in [-0.2, -0.15) is 23.5 Å². The van der Waals surface area contributed by atoms with Crippen LogP contribution in [0.15, 0.2) is 48.7 Å². The van der Waals surface area contributed by atoms with Crippen molar-refractivity contribution < 1.29 is 13.2 Å². The SMILES string of the molecule is Cc1cc2cc3sc(-c4ccc(-c5cc(C(F)(F)F)nn5CSC#N)nc4)cc3cc2s1. The first kappa shape index (κ1) is 21.0. The molecule has 10 heteroatoms. The van der Waals surface area contributed by atoms with E-state index in [1.165, 1.54) is 19.7 Å². The largest absolute Gasteiger partial charge is 0.435 e. The number of nitrogens with zero attached hydrogens (tertiary/aromatic N) is 4. The molecule has 0 saturated carbocycles. The molecule has 160 valence electrons. The monoisotopic (exact) mass is 486 g/mol. The van der Waals surface area contributed by atoms with Crippen molar-refractivity contribution in [3.8, 4) is 27.2 Å². The summed E-state index contributed by atoms with van der Waals surface area (Å²) in [6.45, 7) is 2.10. The molecule has 0 radical (unpaired) electrons. The highest BCUT2D eigenvalue weighted by Gasteiger charge is 2.35. The molecule has 4 heterocycles. The summed E-state index contributed by atoms with van der Waals surface area (Å²) >= 11 is 4.23. The molecule has 0 atom stereocenters. The zero-order valence-electron chi connectivity index (χ0n) is 16.5. The maximum absolute atomic E-state index is 13.1. The van der Waals surface area contributed by atoms with Gasteiger partial charge in [-0.15, -0.1) is 22.7 Å². The number of aromatic nitrogens is 3. The summed E-state index contributed by atoms with van der Waals surface area (Å²) in [5, 5.41) is 16.6. The van der Waals surface area contributed by atoms with Crippen molar-refractivity contribution in [2.45, 2.75) is 19.0 Å². The van der Waals surface area contributed by atoms with Gasteiger partial charge in [0.15, 0.2) is 5.69 Å². The Morgan fingerprint density at radius 1 is 1.06 bits per heavy atom. The van der Waals surface area contributed by atoms with Gasteiger partial charge >= 0.3 is 6.18 Å². The molecule has 0 spiro atoms. The number of pyridine rings is 1. The fraction of sp³-hybridized carbons (Fsp3) is 0.136. The molecule has 4 nitrogen and oxygen atoms in total. The van der Waals surface area contributed by atoms with E-state index < -0.39 is 11.9 Å². The standard InChI is InChI=1S/C22H13F3N4S3/c1-12-4-14-5-20-15(7-19(14)31-12)6-18(32-20)13-2-3-16(27-9-13)17-8-21(22(23,24)25)28-29(17)11-30-10-26/h2-9H,11H2,1H3. The average Bonchev–Trinajstić information content (AvgIpc) is 3.45. The van der Waals surface area contributed by atoms with Gasteiger partial charge in [0.05, 0.1) is 11.4 Å². The van der Waals surface area contributed by atoms with E-state index in [0.717, 1.165) is 38.3 Å². The van der Waals surface area contributed by atoms with Gasteiger partial charge in [-0.1, -0.05) is 0 Å². The summed E-state index contributed by atoms with van der Waals surface area (Å²) < 4.78 is 43.0. The van der Waals surface area contributed by atoms with Gasteiger partial charge in [-0.3, -0.25) is 9.67 Å². The van der Waals surface area contributed by atoms with E-state index >= 15 is 0 Å². The molecular weight excluding hydrogens is 473 g/mol. The Balaban J connectivity index is 1.50. The number of thioether (sulfide) groups is 1. The van der Waals surface area contributed by atoms with E-state index in [9.17, 15) is 13.2 Å². The predicted molar refractivity (Wildman–Crippen MR) is 125 cm³/mol. The lowest BCUT2D eigenvalue weighted by Crippen LogP contribution is -2.07. The first-order chi connectivity index (χ1) is 15.3. The number of halogens is 3. The van der Waals surface area contributed by atoms with E-state index in [0.29, 0.717) is 5.69 Å². The van der Waals surface area contributed by atoms with Crippen LogP contribution in [0.1, 0.15) is 10.6 Å². The number of alkyl halides is 3. The highest BCUT2D eigenvalue weighted by Crippen LogP contribution is 2.38. The van der Waals surface area contributed by atoms with Crippen LogP contribution in [0.2, 0.25) is 0 Å². The quantitative estimate of drug-likeness (QED) is 0.246. The van der Waals surface area contributed by atoms with Gasteiger partial charge in [-0.25, -0.2) is 0 Å². The summed E-state index contributed by atoms with van der Waals surface area (Å²) in [5.74, 6) is -0.0156. The normalized spacial score (nSPS) is 12.0. The van der Waals surface area contributed by atoms with E-state index in [1.807, 2.05) is 11.5 Å². The van der Waals surface area contributed by atoms with E-state index in [2.05, 4.69) is 41.3 Å². The molecule has 0 fully saturated rings. The van der Waals surface area contributed by atoms with Crippen molar-refractivity contribution in [2.24, 2.45) is 0 Å². The number of aryl methyl sites for hydroxylation is 1. The van der Waals surface area contributed by atoms with Gasteiger partial charge < -0.3 is 0 Å². The minimum Gasteiger partial charge on any atom is -0.254 e. The average molecular weight is 487 g/mol. The first-order valence-electron chi connectivity index (χ1n) is 9.38. The van der Waals surface area contributed by atoms with Crippen LogP contribution in [-0.2, 0) is 12.1 Å². The number of hydrogen-bond donors (Lipinski definition) is 0. The fourth-order valence-corrected chi connectivity index (χ4v) is 5.90. The number of fused-ring (bicyclic) bond motifs is 2. The Morgan fingerprint density at radius 3 is 2.50 bits per heavy atom. The maximum atomic E-state index is 13.1. The van der Waals surface area contributed by atoms with Gasteiger partial charge in [0.2, 0.25) is 0 Å². The minimum absolute atomic E-state index is 0.0156. The zero-order valence-corrected chi connectivity index (χ0v) is 18.9. The van der Waals surface area contributed by atoms with Crippen LogP contribution in [-0.4, -0.2) is 14.8 Å². The van der Waals surface area contributed by atoms with Crippen LogP contribution in [0.3, 0.4) is 0 Å². The topological polar surface area (TPSA) is 54.5 Å². The van der Waals surface area contributed by atoms with Crippen LogP contribution in [0.25, 0.3) is 42.0 Å². The van der Waals surface area contributed by atoms with Crippen molar-refractivity contribution in [3.05, 3.63) is 59.2 Å². The molecule has 0 aliphatic rings. The second kappa shape index (κ2) is 7.92. The van der Waals surface area contributed by atoms with Gasteiger partial charge in [-0.05, 0) is 71.9 Å². The molecular formula is C22H13F3N4S3. The van der Waals surface area contributed by atoms with Crippen LogP contribution < -0.4 is 0 Å². The minimum atomic E-state index is -4.57. The van der Waals surface area contributed by atoms with Gasteiger partial charge in [0, 0.05) is 30.9 Å². The number of nitriles is 1. The van der Waals surface area contributed by atoms with E-state index in [4.69, 9.17) is 5.26 Å². The smallest absolute Gasteiger partial charge is 0.254 e. The first-order valence-corrected chi connectivity index (χ1v) is 12.0.